The minimum atomic E-state index is -3.05. The van der Waals surface area contributed by atoms with E-state index in [9.17, 15) is 23.3 Å². The lowest BCUT2D eigenvalue weighted by molar-refractivity contribution is -0.384. The smallest absolute Gasteiger partial charge is 0.269 e. The van der Waals surface area contributed by atoms with Crippen molar-refractivity contribution in [3.05, 3.63) is 39.9 Å². The Morgan fingerprint density at radius 1 is 1.38 bits per heavy atom. The van der Waals surface area contributed by atoms with Gasteiger partial charge in [0, 0.05) is 30.0 Å². The Hall–Kier alpha value is -1.61. The summed E-state index contributed by atoms with van der Waals surface area (Å²) in [7, 11) is -3.05. The first-order valence-electron chi connectivity index (χ1n) is 8.56. The maximum Gasteiger partial charge on any atom is 0.269 e. The highest BCUT2D eigenvalue weighted by Gasteiger charge is 2.36. The zero-order valence-corrected chi connectivity index (χ0v) is 16.6. The van der Waals surface area contributed by atoms with Crippen LogP contribution < -0.4 is 0 Å². The number of rotatable bonds is 8. The first kappa shape index (κ1) is 20.7. The van der Waals surface area contributed by atoms with E-state index in [1.807, 2.05) is 13.8 Å². The zero-order valence-electron chi connectivity index (χ0n) is 15.0. The van der Waals surface area contributed by atoms with Crippen LogP contribution in [0.1, 0.15) is 32.3 Å². The number of thioether (sulfide) groups is 1. The number of hydrogen-bond acceptors (Lipinski definition) is 6. The quantitative estimate of drug-likeness (QED) is 0.491. The standard InChI is InChI=1S/C17H24N2O5S2/c1-3-13(2)18(16-8-9-26(23,24)12-16)17(20)11-25-10-14-4-6-15(7-5-14)19(21)22/h4-7,13,16H,3,8-12H2,1-2H3/t13-,16-/m1/s1. The minimum Gasteiger partial charge on any atom is -0.335 e. The second-order valence-electron chi connectivity index (χ2n) is 6.53. The van der Waals surface area contributed by atoms with E-state index in [-0.39, 0.29) is 40.9 Å². The van der Waals surface area contributed by atoms with Crippen LogP contribution in [0.15, 0.2) is 24.3 Å². The average molecular weight is 401 g/mol. The van der Waals surface area contributed by atoms with Gasteiger partial charge in [-0.2, -0.15) is 0 Å². The summed E-state index contributed by atoms with van der Waals surface area (Å²) in [5.74, 6) is 0.983. The topological polar surface area (TPSA) is 97.6 Å². The number of sulfone groups is 1. The maximum absolute atomic E-state index is 12.7. The molecule has 0 radical (unpaired) electrons. The van der Waals surface area contributed by atoms with E-state index < -0.39 is 14.8 Å². The van der Waals surface area contributed by atoms with Crippen LogP contribution in [-0.2, 0) is 20.4 Å². The van der Waals surface area contributed by atoms with E-state index in [4.69, 9.17) is 0 Å². The Labute approximate surface area is 158 Å². The molecule has 1 aliphatic rings. The molecule has 2 rings (SSSR count). The van der Waals surface area contributed by atoms with Crippen molar-refractivity contribution in [2.75, 3.05) is 17.3 Å². The number of hydrogen-bond donors (Lipinski definition) is 0. The van der Waals surface area contributed by atoms with Crippen LogP contribution in [0.4, 0.5) is 5.69 Å². The highest BCUT2D eigenvalue weighted by molar-refractivity contribution is 7.99. The van der Waals surface area contributed by atoms with Crippen molar-refractivity contribution >= 4 is 33.2 Å². The van der Waals surface area contributed by atoms with Crippen molar-refractivity contribution in [2.45, 2.75) is 44.5 Å². The SMILES string of the molecule is CC[C@@H](C)N(C(=O)CSCc1ccc([N+](=O)[O-])cc1)[C@@H]1CCS(=O)(=O)C1. The van der Waals surface area contributed by atoms with Crippen LogP contribution in [0.25, 0.3) is 0 Å². The van der Waals surface area contributed by atoms with E-state index in [2.05, 4.69) is 0 Å². The van der Waals surface area contributed by atoms with Gasteiger partial charge in [0.2, 0.25) is 5.91 Å². The predicted molar refractivity (Wildman–Crippen MR) is 103 cm³/mol. The van der Waals surface area contributed by atoms with Gasteiger partial charge in [-0.15, -0.1) is 11.8 Å². The third kappa shape index (κ3) is 5.44. The van der Waals surface area contributed by atoms with Crippen molar-refractivity contribution in [2.24, 2.45) is 0 Å². The molecule has 1 aliphatic heterocycles. The third-order valence-corrected chi connectivity index (χ3v) is 7.34. The highest BCUT2D eigenvalue weighted by Crippen LogP contribution is 2.23. The van der Waals surface area contributed by atoms with Gasteiger partial charge in [-0.05, 0) is 25.3 Å². The van der Waals surface area contributed by atoms with Crippen molar-refractivity contribution in [1.29, 1.82) is 0 Å². The monoisotopic (exact) mass is 400 g/mol. The Morgan fingerprint density at radius 2 is 2.04 bits per heavy atom. The van der Waals surface area contributed by atoms with Crippen LogP contribution in [-0.4, -0.2) is 53.5 Å². The fraction of sp³-hybridized carbons (Fsp3) is 0.588. The molecule has 0 spiro atoms. The van der Waals surface area contributed by atoms with Crippen LogP contribution >= 0.6 is 11.8 Å². The molecule has 1 amide bonds. The molecular formula is C17H24N2O5S2. The lowest BCUT2D eigenvalue weighted by Gasteiger charge is -2.33. The number of carbonyl (C=O) groups is 1. The van der Waals surface area contributed by atoms with Crippen LogP contribution in [0, 0.1) is 10.1 Å². The molecule has 1 fully saturated rings. The van der Waals surface area contributed by atoms with Gasteiger partial charge in [0.1, 0.15) is 0 Å². The van der Waals surface area contributed by atoms with Gasteiger partial charge in [0.25, 0.3) is 5.69 Å². The average Bonchev–Trinajstić information content (AvgIpc) is 2.94. The Balaban J connectivity index is 1.93. The number of amides is 1. The van der Waals surface area contributed by atoms with Gasteiger partial charge in [0.05, 0.1) is 22.2 Å². The summed E-state index contributed by atoms with van der Waals surface area (Å²) < 4.78 is 23.5. The second-order valence-corrected chi connectivity index (χ2v) is 9.75. The van der Waals surface area contributed by atoms with Crippen molar-refractivity contribution in [3.63, 3.8) is 0 Å². The molecule has 1 heterocycles. The van der Waals surface area contributed by atoms with Crippen molar-refractivity contribution < 1.29 is 18.1 Å². The molecule has 0 aliphatic carbocycles. The summed E-state index contributed by atoms with van der Waals surface area (Å²) in [6.45, 7) is 3.93. The van der Waals surface area contributed by atoms with Crippen LogP contribution in [0.3, 0.4) is 0 Å². The van der Waals surface area contributed by atoms with E-state index >= 15 is 0 Å². The normalized spacial score (nSPS) is 19.8. The molecule has 2 atom stereocenters. The summed E-state index contributed by atoms with van der Waals surface area (Å²) in [6.07, 6.45) is 1.28. The zero-order chi connectivity index (χ0) is 19.3. The number of carbonyl (C=O) groups excluding carboxylic acids is 1. The molecule has 1 aromatic rings. The summed E-state index contributed by atoms with van der Waals surface area (Å²) in [5.41, 5.74) is 0.951. The molecule has 1 aromatic carbocycles. The van der Waals surface area contributed by atoms with Gasteiger partial charge in [0.15, 0.2) is 9.84 Å². The molecule has 0 aromatic heterocycles. The van der Waals surface area contributed by atoms with E-state index in [1.54, 1.807) is 17.0 Å². The van der Waals surface area contributed by atoms with Gasteiger partial charge in [-0.3, -0.25) is 14.9 Å². The van der Waals surface area contributed by atoms with Gasteiger partial charge >= 0.3 is 0 Å². The molecule has 1 saturated heterocycles. The first-order valence-corrected chi connectivity index (χ1v) is 11.5. The molecule has 7 nitrogen and oxygen atoms in total. The van der Waals surface area contributed by atoms with Crippen molar-refractivity contribution in [1.82, 2.24) is 4.90 Å². The first-order chi connectivity index (χ1) is 12.2. The summed E-state index contributed by atoms with van der Waals surface area (Å²) >= 11 is 1.43. The Kier molecular flexibility index (Phi) is 7.05. The van der Waals surface area contributed by atoms with Gasteiger partial charge in [-0.25, -0.2) is 8.42 Å². The number of non-ortho nitro benzene ring substituents is 1. The fourth-order valence-electron chi connectivity index (χ4n) is 3.05. The Morgan fingerprint density at radius 3 is 2.54 bits per heavy atom. The van der Waals surface area contributed by atoms with E-state index in [0.29, 0.717) is 12.2 Å². The lowest BCUT2D eigenvalue weighted by atomic mass is 10.1. The Bertz CT molecular complexity index is 749. The molecule has 9 heteroatoms. The van der Waals surface area contributed by atoms with Crippen LogP contribution in [0.5, 0.6) is 0 Å². The number of nitrogens with zero attached hydrogens (tertiary/aromatic N) is 2. The number of nitro groups is 1. The summed E-state index contributed by atoms with van der Waals surface area (Å²) in [5, 5.41) is 10.7. The van der Waals surface area contributed by atoms with Crippen molar-refractivity contribution in [3.8, 4) is 0 Å². The minimum absolute atomic E-state index is 0.000717. The van der Waals surface area contributed by atoms with Gasteiger partial charge < -0.3 is 4.90 Å². The molecule has 0 saturated carbocycles. The van der Waals surface area contributed by atoms with Gasteiger partial charge in [-0.1, -0.05) is 19.1 Å². The van der Waals surface area contributed by atoms with Crippen LogP contribution in [0.2, 0.25) is 0 Å². The molecule has 0 unspecified atom stereocenters. The fourth-order valence-corrected chi connectivity index (χ4v) is 5.61. The maximum atomic E-state index is 12.7. The molecule has 0 bridgehead atoms. The molecule has 0 N–H and O–H groups in total. The third-order valence-electron chi connectivity index (χ3n) is 4.60. The molecular weight excluding hydrogens is 376 g/mol. The lowest BCUT2D eigenvalue weighted by Crippen LogP contribution is -2.47. The highest BCUT2D eigenvalue weighted by atomic mass is 32.2. The molecule has 26 heavy (non-hydrogen) atoms. The summed E-state index contributed by atoms with van der Waals surface area (Å²) in [6, 6.07) is 6.04. The van der Waals surface area contributed by atoms with E-state index in [0.717, 1.165) is 12.0 Å². The second kappa shape index (κ2) is 8.85. The largest absolute Gasteiger partial charge is 0.335 e. The molecule has 144 valence electrons. The van der Waals surface area contributed by atoms with E-state index in [1.165, 1.54) is 23.9 Å². The number of benzene rings is 1. The summed E-state index contributed by atoms with van der Waals surface area (Å²) in [4.78, 5) is 24.7. The predicted octanol–water partition coefficient (Wildman–Crippen LogP) is 2.64. The number of nitro benzene ring substituents is 1.